The third kappa shape index (κ3) is 3.62. The lowest BCUT2D eigenvalue weighted by molar-refractivity contribution is -0.389. The molecule has 1 aliphatic rings. The molecule has 130 valence electrons. The third-order valence-electron chi connectivity index (χ3n) is 4.04. The summed E-state index contributed by atoms with van der Waals surface area (Å²) in [6.45, 7) is 0. The number of nitro benzene ring substituents is 2. The Morgan fingerprint density at radius 3 is 1.77 bits per heavy atom. The van der Waals surface area contributed by atoms with Crippen molar-refractivity contribution in [2.75, 3.05) is 0 Å². The minimum absolute atomic E-state index is 0.103. The Balaban J connectivity index is 0.000000151. The van der Waals surface area contributed by atoms with Crippen LogP contribution in [0.1, 0.15) is 11.1 Å². The largest absolute Gasteiger partial charge is 0.284 e. The van der Waals surface area contributed by atoms with Gasteiger partial charge in [0.25, 0.3) is 11.4 Å². The number of nitro groups is 2. The van der Waals surface area contributed by atoms with E-state index in [1.807, 2.05) is 0 Å². The molecule has 1 aliphatic carbocycles. The van der Waals surface area contributed by atoms with Crippen LogP contribution in [0.5, 0.6) is 0 Å². The van der Waals surface area contributed by atoms with Gasteiger partial charge in [0.1, 0.15) is 4.47 Å². The maximum Gasteiger partial charge on any atom is 0.284 e. The van der Waals surface area contributed by atoms with Crippen LogP contribution in [0, 0.1) is 20.2 Å². The minimum Gasteiger partial charge on any atom is -0.258 e. The van der Waals surface area contributed by atoms with Gasteiger partial charge in [-0.2, -0.15) is 0 Å². The van der Waals surface area contributed by atoms with E-state index in [0.29, 0.717) is 0 Å². The van der Waals surface area contributed by atoms with Crippen molar-refractivity contribution in [3.63, 3.8) is 0 Å². The van der Waals surface area contributed by atoms with Gasteiger partial charge in [0.2, 0.25) is 0 Å². The summed E-state index contributed by atoms with van der Waals surface area (Å²) in [5, 5.41) is 20.6. The summed E-state index contributed by atoms with van der Waals surface area (Å²) >= 11 is 2.87. The summed E-state index contributed by atoms with van der Waals surface area (Å²) in [5.41, 5.74) is 5.38. The lowest BCUT2D eigenvalue weighted by Crippen LogP contribution is -1.92. The Labute approximate surface area is 157 Å². The molecule has 0 spiro atoms. The molecule has 0 heterocycles. The number of hydrogen-bond acceptors (Lipinski definition) is 4. The Morgan fingerprint density at radius 1 is 0.769 bits per heavy atom. The number of fused-ring (bicyclic) bond motifs is 3. The molecule has 0 bridgehead atoms. The van der Waals surface area contributed by atoms with Crippen molar-refractivity contribution in [2.45, 2.75) is 6.42 Å². The molecule has 3 aromatic carbocycles. The van der Waals surface area contributed by atoms with E-state index in [4.69, 9.17) is 0 Å². The van der Waals surface area contributed by atoms with Crippen molar-refractivity contribution in [1.29, 1.82) is 0 Å². The monoisotopic (exact) mass is 412 g/mol. The van der Waals surface area contributed by atoms with Crippen molar-refractivity contribution in [3.05, 3.63) is 103 Å². The zero-order valence-electron chi connectivity index (χ0n) is 13.5. The van der Waals surface area contributed by atoms with E-state index < -0.39 is 9.85 Å². The topological polar surface area (TPSA) is 86.3 Å². The predicted octanol–water partition coefficient (Wildman–Crippen LogP) is 5.52. The fraction of sp³-hybridized carbons (Fsp3) is 0.0526. The molecule has 0 aromatic heterocycles. The fourth-order valence-corrected chi connectivity index (χ4v) is 3.35. The quantitative estimate of drug-likeness (QED) is 0.320. The van der Waals surface area contributed by atoms with Gasteiger partial charge >= 0.3 is 0 Å². The molecule has 0 amide bonds. The minimum atomic E-state index is -0.617. The number of hydrogen-bond donors (Lipinski definition) is 0. The summed E-state index contributed by atoms with van der Waals surface area (Å²) < 4.78 is 0.103. The first-order chi connectivity index (χ1) is 12.5. The van der Waals surface area contributed by atoms with Crippen molar-refractivity contribution < 1.29 is 9.85 Å². The molecule has 26 heavy (non-hydrogen) atoms. The standard InChI is InChI=1S/C13H10.C6H3BrN2O4/c1-3-7-12-10(5-1)9-11-6-2-4-8-13(11)12;7-5-3-4(8(10)11)1-2-6(5)9(12)13/h1-8H,9H2;1-3H. The van der Waals surface area contributed by atoms with Crippen molar-refractivity contribution in [2.24, 2.45) is 0 Å². The molecular formula is C19H13BrN2O4. The van der Waals surface area contributed by atoms with Gasteiger partial charge < -0.3 is 0 Å². The molecule has 0 aliphatic heterocycles. The SMILES string of the molecule is O=[N+]([O-])c1ccc([N+](=O)[O-])c(Br)c1.c1ccc2c(c1)Cc1ccccc1-2. The summed E-state index contributed by atoms with van der Waals surface area (Å²) in [5.74, 6) is 0. The fourth-order valence-electron chi connectivity index (χ4n) is 2.84. The number of halogens is 1. The molecule has 4 rings (SSSR count). The highest BCUT2D eigenvalue weighted by Gasteiger charge is 2.16. The summed E-state index contributed by atoms with van der Waals surface area (Å²) in [6.07, 6.45) is 1.10. The van der Waals surface area contributed by atoms with Crippen LogP contribution in [0.3, 0.4) is 0 Å². The maximum absolute atomic E-state index is 10.3. The van der Waals surface area contributed by atoms with Crippen molar-refractivity contribution in [3.8, 4) is 11.1 Å². The summed E-state index contributed by atoms with van der Waals surface area (Å²) in [7, 11) is 0. The Kier molecular flexibility index (Phi) is 5.09. The number of non-ortho nitro benzene ring substituents is 1. The molecular weight excluding hydrogens is 400 g/mol. The number of rotatable bonds is 2. The zero-order valence-corrected chi connectivity index (χ0v) is 15.0. The maximum atomic E-state index is 10.3. The molecule has 0 unspecified atom stereocenters. The highest BCUT2D eigenvalue weighted by Crippen LogP contribution is 2.35. The lowest BCUT2D eigenvalue weighted by atomic mass is 10.1. The first-order valence-corrected chi connectivity index (χ1v) is 8.51. The van der Waals surface area contributed by atoms with Crippen LogP contribution in [0.2, 0.25) is 0 Å². The molecule has 3 aromatic rings. The molecule has 0 saturated heterocycles. The second kappa shape index (κ2) is 7.45. The molecule has 0 radical (unpaired) electrons. The van der Waals surface area contributed by atoms with Gasteiger partial charge in [0.05, 0.1) is 9.85 Å². The highest BCUT2D eigenvalue weighted by molar-refractivity contribution is 9.10. The van der Waals surface area contributed by atoms with E-state index in [-0.39, 0.29) is 15.8 Å². The third-order valence-corrected chi connectivity index (χ3v) is 4.68. The zero-order chi connectivity index (χ0) is 18.7. The van der Waals surface area contributed by atoms with E-state index in [1.165, 1.54) is 22.3 Å². The number of nitrogens with zero attached hydrogens (tertiary/aromatic N) is 2. The molecule has 0 saturated carbocycles. The summed E-state index contributed by atoms with van der Waals surface area (Å²) in [6, 6.07) is 20.6. The van der Waals surface area contributed by atoms with Crippen LogP contribution in [0.4, 0.5) is 11.4 Å². The molecule has 0 fully saturated rings. The Morgan fingerprint density at radius 2 is 1.31 bits per heavy atom. The smallest absolute Gasteiger partial charge is 0.258 e. The molecule has 7 heteroatoms. The summed E-state index contributed by atoms with van der Waals surface area (Å²) in [4.78, 5) is 19.3. The van der Waals surface area contributed by atoms with Crippen LogP contribution >= 0.6 is 15.9 Å². The normalized spacial score (nSPS) is 11.0. The average molecular weight is 413 g/mol. The van der Waals surface area contributed by atoms with E-state index in [0.717, 1.165) is 24.6 Å². The van der Waals surface area contributed by atoms with Crippen LogP contribution in [-0.4, -0.2) is 9.85 Å². The second-order valence-electron chi connectivity index (χ2n) is 5.64. The van der Waals surface area contributed by atoms with Crippen LogP contribution in [0.25, 0.3) is 11.1 Å². The Hall–Kier alpha value is -3.06. The van der Waals surface area contributed by atoms with Crippen molar-refractivity contribution in [1.82, 2.24) is 0 Å². The predicted molar refractivity (Wildman–Crippen MR) is 102 cm³/mol. The highest BCUT2D eigenvalue weighted by atomic mass is 79.9. The molecule has 0 N–H and O–H groups in total. The van der Waals surface area contributed by atoms with E-state index in [9.17, 15) is 20.2 Å². The lowest BCUT2D eigenvalue weighted by Gasteiger charge is -1.98. The van der Waals surface area contributed by atoms with Gasteiger partial charge in [0.15, 0.2) is 0 Å². The van der Waals surface area contributed by atoms with Gasteiger partial charge in [-0.1, -0.05) is 48.5 Å². The number of benzene rings is 3. The van der Waals surface area contributed by atoms with E-state index >= 15 is 0 Å². The first-order valence-electron chi connectivity index (χ1n) is 7.72. The van der Waals surface area contributed by atoms with Gasteiger partial charge in [-0.3, -0.25) is 20.2 Å². The molecule has 6 nitrogen and oxygen atoms in total. The van der Waals surface area contributed by atoms with Crippen LogP contribution < -0.4 is 0 Å². The Bertz CT molecular complexity index is 961. The van der Waals surface area contributed by atoms with Gasteiger partial charge in [-0.05, 0) is 44.6 Å². The van der Waals surface area contributed by atoms with Crippen LogP contribution in [0.15, 0.2) is 71.2 Å². The van der Waals surface area contributed by atoms with Crippen molar-refractivity contribution >= 4 is 27.3 Å². The van der Waals surface area contributed by atoms with Gasteiger partial charge in [0, 0.05) is 18.2 Å². The second-order valence-corrected chi connectivity index (χ2v) is 6.50. The van der Waals surface area contributed by atoms with Crippen LogP contribution in [-0.2, 0) is 6.42 Å². The van der Waals surface area contributed by atoms with E-state index in [2.05, 4.69) is 64.5 Å². The van der Waals surface area contributed by atoms with Gasteiger partial charge in [-0.15, -0.1) is 0 Å². The first kappa shape index (κ1) is 17.8. The van der Waals surface area contributed by atoms with Gasteiger partial charge in [-0.25, -0.2) is 0 Å². The average Bonchev–Trinajstić information content (AvgIpc) is 3.00. The molecule has 0 atom stereocenters. The van der Waals surface area contributed by atoms with E-state index in [1.54, 1.807) is 0 Å².